The number of nitrogens with one attached hydrogen (secondary N) is 1. The molecule has 4 fully saturated rings. The lowest BCUT2D eigenvalue weighted by molar-refractivity contribution is -0.139. The molecule has 3 aliphatic heterocycles. The molecule has 1 aromatic carbocycles. The lowest BCUT2D eigenvalue weighted by Gasteiger charge is -2.36. The van der Waals surface area contributed by atoms with Gasteiger partial charge in [0.1, 0.15) is 18.7 Å². The Hall–Kier alpha value is -2.45. The maximum atomic E-state index is 13.4. The molecule has 4 atom stereocenters. The van der Waals surface area contributed by atoms with Gasteiger partial charge < -0.3 is 19.9 Å². The van der Waals surface area contributed by atoms with Gasteiger partial charge in [-0.3, -0.25) is 19.3 Å². The summed E-state index contributed by atoms with van der Waals surface area (Å²) in [4.78, 5) is 45.4. The molecule has 0 bridgehead atoms. The third-order valence-electron chi connectivity index (χ3n) is 8.03. The van der Waals surface area contributed by atoms with E-state index in [-0.39, 0.29) is 36.2 Å². The first-order valence-electron chi connectivity index (χ1n) is 12.8. The number of carbonyl (C=O) groups excluding carboxylic acids is 3. The van der Waals surface area contributed by atoms with E-state index < -0.39 is 12.1 Å². The standard InChI is InChI=1S/C26H36N4O4/c1-3-17(2)23(26(33)30-11-10-22-24(30)21(31)16-34-22)27-25(32)18-4-6-19(7-5-18)28-12-14-29(15-13-28)20-8-9-20/h4-7,17,20,22-24H,3,8-16H2,1-2H3,(H,27,32)/t17?,22-,23?,24-/m1/s1. The highest BCUT2D eigenvalue weighted by Crippen LogP contribution is 2.30. The van der Waals surface area contributed by atoms with Crippen LogP contribution in [0.1, 0.15) is 49.9 Å². The maximum Gasteiger partial charge on any atom is 0.251 e. The molecule has 2 unspecified atom stereocenters. The third kappa shape index (κ3) is 4.58. The van der Waals surface area contributed by atoms with E-state index >= 15 is 0 Å². The fraction of sp³-hybridized carbons (Fsp3) is 0.654. The second kappa shape index (κ2) is 9.66. The average Bonchev–Trinajstić information content (AvgIpc) is 3.53. The lowest BCUT2D eigenvalue weighted by Crippen LogP contribution is -2.54. The Morgan fingerprint density at radius 1 is 1.06 bits per heavy atom. The molecule has 1 saturated carbocycles. The first kappa shape index (κ1) is 23.3. The van der Waals surface area contributed by atoms with Crippen LogP contribution in [-0.4, -0.2) is 91.0 Å². The van der Waals surface area contributed by atoms with E-state index in [1.165, 1.54) is 12.8 Å². The summed E-state index contributed by atoms with van der Waals surface area (Å²) in [6.45, 7) is 8.74. The number of amides is 2. The van der Waals surface area contributed by atoms with Gasteiger partial charge in [-0.15, -0.1) is 0 Å². The highest BCUT2D eigenvalue weighted by molar-refractivity contribution is 5.99. The van der Waals surface area contributed by atoms with E-state index in [0.717, 1.165) is 44.3 Å². The number of anilines is 1. The highest BCUT2D eigenvalue weighted by Gasteiger charge is 2.48. The molecule has 34 heavy (non-hydrogen) atoms. The topological polar surface area (TPSA) is 82.2 Å². The number of Topliss-reactive ketones (excluding diaryl/α,β-unsaturated/α-hetero) is 1. The van der Waals surface area contributed by atoms with Crippen LogP contribution in [-0.2, 0) is 14.3 Å². The smallest absolute Gasteiger partial charge is 0.251 e. The highest BCUT2D eigenvalue weighted by atomic mass is 16.5. The second-order valence-electron chi connectivity index (χ2n) is 10.2. The quantitative estimate of drug-likeness (QED) is 0.656. The summed E-state index contributed by atoms with van der Waals surface area (Å²) in [5.74, 6) is -0.527. The van der Waals surface area contributed by atoms with Crippen LogP contribution in [0.3, 0.4) is 0 Å². The summed E-state index contributed by atoms with van der Waals surface area (Å²) in [5, 5.41) is 2.98. The van der Waals surface area contributed by atoms with Crippen LogP contribution >= 0.6 is 0 Å². The minimum Gasteiger partial charge on any atom is -0.369 e. The summed E-state index contributed by atoms with van der Waals surface area (Å²) in [6, 6.07) is 7.32. The van der Waals surface area contributed by atoms with E-state index in [1.54, 1.807) is 4.90 Å². The van der Waals surface area contributed by atoms with E-state index in [4.69, 9.17) is 4.74 Å². The molecule has 5 rings (SSSR count). The maximum absolute atomic E-state index is 13.4. The predicted octanol–water partition coefficient (Wildman–Crippen LogP) is 1.68. The number of hydrogen-bond donors (Lipinski definition) is 1. The van der Waals surface area contributed by atoms with Crippen molar-refractivity contribution in [2.45, 2.75) is 63.8 Å². The van der Waals surface area contributed by atoms with Crippen LogP contribution in [0.5, 0.6) is 0 Å². The van der Waals surface area contributed by atoms with Crippen molar-refractivity contribution in [3.8, 4) is 0 Å². The Bertz CT molecular complexity index is 923. The zero-order chi connectivity index (χ0) is 23.8. The van der Waals surface area contributed by atoms with Crippen molar-refractivity contribution < 1.29 is 19.1 Å². The summed E-state index contributed by atoms with van der Waals surface area (Å²) < 4.78 is 5.53. The number of ketones is 1. The molecule has 0 radical (unpaired) electrons. The monoisotopic (exact) mass is 468 g/mol. The molecule has 1 N–H and O–H groups in total. The number of benzene rings is 1. The summed E-state index contributed by atoms with van der Waals surface area (Å²) >= 11 is 0. The molecule has 8 heteroatoms. The van der Waals surface area contributed by atoms with Crippen LogP contribution in [0.25, 0.3) is 0 Å². The number of carbonyl (C=O) groups is 3. The van der Waals surface area contributed by atoms with Crippen LogP contribution < -0.4 is 10.2 Å². The van der Waals surface area contributed by atoms with Crippen molar-refractivity contribution in [1.29, 1.82) is 0 Å². The van der Waals surface area contributed by atoms with Gasteiger partial charge >= 0.3 is 0 Å². The van der Waals surface area contributed by atoms with Crippen molar-refractivity contribution in [3.63, 3.8) is 0 Å². The molecule has 3 saturated heterocycles. The van der Waals surface area contributed by atoms with Gasteiger partial charge in [0.2, 0.25) is 5.91 Å². The molecule has 184 valence electrons. The normalized spacial score (nSPS) is 26.9. The lowest BCUT2D eigenvalue weighted by atomic mass is 9.96. The van der Waals surface area contributed by atoms with Gasteiger partial charge in [-0.25, -0.2) is 0 Å². The summed E-state index contributed by atoms with van der Waals surface area (Å²) in [6.07, 6.45) is 3.89. The number of fused-ring (bicyclic) bond motifs is 1. The van der Waals surface area contributed by atoms with E-state index in [2.05, 4.69) is 15.1 Å². The molecule has 3 heterocycles. The van der Waals surface area contributed by atoms with Crippen molar-refractivity contribution in [2.24, 2.45) is 5.92 Å². The number of likely N-dealkylation sites (tertiary alicyclic amines) is 1. The Morgan fingerprint density at radius 2 is 1.76 bits per heavy atom. The van der Waals surface area contributed by atoms with Gasteiger partial charge in [0.15, 0.2) is 5.78 Å². The minimum absolute atomic E-state index is 0.0429. The first-order valence-corrected chi connectivity index (χ1v) is 12.8. The largest absolute Gasteiger partial charge is 0.369 e. The van der Waals surface area contributed by atoms with E-state index in [0.29, 0.717) is 18.5 Å². The number of ether oxygens (including phenoxy) is 1. The third-order valence-corrected chi connectivity index (χ3v) is 8.03. The van der Waals surface area contributed by atoms with Gasteiger partial charge in [0, 0.05) is 50.0 Å². The fourth-order valence-corrected chi connectivity index (χ4v) is 5.54. The van der Waals surface area contributed by atoms with Crippen LogP contribution in [0, 0.1) is 5.92 Å². The van der Waals surface area contributed by atoms with Crippen LogP contribution in [0.4, 0.5) is 5.69 Å². The average molecular weight is 469 g/mol. The molecule has 4 aliphatic rings. The van der Waals surface area contributed by atoms with Gasteiger partial charge in [-0.05, 0) is 49.4 Å². The minimum atomic E-state index is -0.667. The van der Waals surface area contributed by atoms with E-state index in [1.807, 2.05) is 38.1 Å². The molecule has 2 amide bonds. The van der Waals surface area contributed by atoms with Gasteiger partial charge in [0.05, 0.1) is 6.10 Å². The van der Waals surface area contributed by atoms with Gasteiger partial charge in [-0.2, -0.15) is 0 Å². The molecular weight excluding hydrogens is 432 g/mol. The number of nitrogens with zero attached hydrogens (tertiary/aromatic N) is 3. The van der Waals surface area contributed by atoms with E-state index in [9.17, 15) is 14.4 Å². The second-order valence-corrected chi connectivity index (χ2v) is 10.2. The van der Waals surface area contributed by atoms with Crippen LogP contribution in [0.2, 0.25) is 0 Å². The molecule has 1 aliphatic carbocycles. The molecular formula is C26H36N4O4. The molecule has 0 aromatic heterocycles. The SMILES string of the molecule is CCC(C)C(NC(=O)c1ccc(N2CCN(C3CC3)CC2)cc1)C(=O)N1CC[C@H]2OCC(=O)[C@H]21. The van der Waals surface area contributed by atoms with Gasteiger partial charge in [-0.1, -0.05) is 20.3 Å². The molecule has 1 aromatic rings. The zero-order valence-corrected chi connectivity index (χ0v) is 20.2. The first-order chi connectivity index (χ1) is 16.5. The van der Waals surface area contributed by atoms with Crippen molar-refractivity contribution >= 4 is 23.3 Å². The Morgan fingerprint density at radius 3 is 2.41 bits per heavy atom. The number of piperazine rings is 1. The Labute approximate surface area is 201 Å². The summed E-state index contributed by atoms with van der Waals surface area (Å²) in [7, 11) is 0. The Balaban J connectivity index is 1.23. The summed E-state index contributed by atoms with van der Waals surface area (Å²) in [5.41, 5.74) is 1.67. The zero-order valence-electron chi connectivity index (χ0n) is 20.2. The van der Waals surface area contributed by atoms with Crippen LogP contribution in [0.15, 0.2) is 24.3 Å². The van der Waals surface area contributed by atoms with Crippen molar-refractivity contribution in [2.75, 3.05) is 44.2 Å². The molecule has 8 nitrogen and oxygen atoms in total. The predicted molar refractivity (Wildman–Crippen MR) is 129 cm³/mol. The van der Waals surface area contributed by atoms with Gasteiger partial charge in [0.25, 0.3) is 5.91 Å². The van der Waals surface area contributed by atoms with Crippen molar-refractivity contribution in [1.82, 2.24) is 15.1 Å². The molecule has 0 spiro atoms. The fourth-order valence-electron chi connectivity index (χ4n) is 5.54. The van der Waals surface area contributed by atoms with Crippen molar-refractivity contribution in [3.05, 3.63) is 29.8 Å². The number of rotatable bonds is 7. The Kier molecular flexibility index (Phi) is 6.62. The number of hydrogen-bond acceptors (Lipinski definition) is 6.